The molecule has 2 aromatic heterocycles. The smallest absolute Gasteiger partial charge is 0.269 e. The average Bonchev–Trinajstić information content (AvgIpc) is 3.33. The Kier molecular flexibility index (Phi) is 5.65. The summed E-state index contributed by atoms with van der Waals surface area (Å²) in [7, 11) is 0. The van der Waals surface area contributed by atoms with E-state index in [-0.39, 0.29) is 11.2 Å². The lowest BCUT2D eigenvalue weighted by atomic mass is 10.1. The van der Waals surface area contributed by atoms with E-state index < -0.39 is 4.92 Å². The van der Waals surface area contributed by atoms with Crippen molar-refractivity contribution in [2.24, 2.45) is 0 Å². The molecule has 0 unspecified atom stereocenters. The largest absolute Gasteiger partial charge is 0.457 e. The summed E-state index contributed by atoms with van der Waals surface area (Å²) in [4.78, 5) is 28.4. The van der Waals surface area contributed by atoms with Gasteiger partial charge >= 0.3 is 0 Å². The lowest BCUT2D eigenvalue weighted by Gasteiger charge is -2.11. The molecule has 8 heteroatoms. The van der Waals surface area contributed by atoms with Crippen molar-refractivity contribution in [3.05, 3.63) is 121 Å². The van der Waals surface area contributed by atoms with E-state index in [1.807, 2.05) is 36.4 Å². The number of para-hydroxylation sites is 1. The number of nitro benzene ring substituents is 1. The Balaban J connectivity index is 1.54. The van der Waals surface area contributed by atoms with Crippen LogP contribution in [-0.2, 0) is 0 Å². The highest BCUT2D eigenvalue weighted by atomic mass is 79.9. The Morgan fingerprint density at radius 2 is 1.65 bits per heavy atom. The van der Waals surface area contributed by atoms with Crippen LogP contribution >= 0.6 is 15.9 Å². The molecule has 0 bridgehead atoms. The number of hydrogen-bond acceptors (Lipinski definition) is 5. The standard InChI is InChI=1S/C26H16BrN3O4/c27-18-7-11-19(12-8-18)29-25(28-23-4-2-1-3-22(23)26(29)31)16-14-21-13-15-24(34-21)17-5-9-20(10-6-17)30(32)33/h1-16H/b16-14-. The number of fused-ring (bicyclic) bond motifs is 1. The summed E-state index contributed by atoms with van der Waals surface area (Å²) >= 11 is 3.43. The van der Waals surface area contributed by atoms with Crippen molar-refractivity contribution in [2.75, 3.05) is 0 Å². The molecule has 5 aromatic rings. The summed E-state index contributed by atoms with van der Waals surface area (Å²) in [6.45, 7) is 0. The Morgan fingerprint density at radius 1 is 0.912 bits per heavy atom. The Hall–Kier alpha value is -4.30. The molecule has 0 aliphatic rings. The van der Waals surface area contributed by atoms with Crippen LogP contribution in [0.1, 0.15) is 11.6 Å². The van der Waals surface area contributed by atoms with Gasteiger partial charge in [0.2, 0.25) is 0 Å². The predicted octanol–water partition coefficient (Wildman–Crippen LogP) is 6.49. The number of nitrogens with zero attached hydrogens (tertiary/aromatic N) is 3. The van der Waals surface area contributed by atoms with Crippen molar-refractivity contribution < 1.29 is 9.34 Å². The maximum absolute atomic E-state index is 13.3. The summed E-state index contributed by atoms with van der Waals surface area (Å²) in [6.07, 6.45) is 3.47. The molecule has 0 amide bonds. The minimum absolute atomic E-state index is 0.0173. The second-order valence-corrected chi connectivity index (χ2v) is 8.36. The van der Waals surface area contributed by atoms with Gasteiger partial charge in [-0.15, -0.1) is 0 Å². The summed E-state index contributed by atoms with van der Waals surface area (Å²) in [6, 6.07) is 24.4. The third kappa shape index (κ3) is 4.18. The van der Waals surface area contributed by atoms with Crippen LogP contribution in [0.2, 0.25) is 0 Å². The van der Waals surface area contributed by atoms with Gasteiger partial charge in [0.15, 0.2) is 0 Å². The minimum atomic E-state index is -0.443. The third-order valence-corrected chi connectivity index (χ3v) is 5.80. The van der Waals surface area contributed by atoms with Crippen molar-refractivity contribution in [3.8, 4) is 17.0 Å². The van der Waals surface area contributed by atoms with Crippen molar-refractivity contribution in [3.63, 3.8) is 0 Å². The molecule has 0 radical (unpaired) electrons. The topological polar surface area (TPSA) is 91.2 Å². The van der Waals surface area contributed by atoms with Crippen LogP contribution in [0, 0.1) is 10.1 Å². The Morgan fingerprint density at radius 3 is 2.38 bits per heavy atom. The normalized spacial score (nSPS) is 11.3. The zero-order chi connectivity index (χ0) is 23.7. The summed E-state index contributed by atoms with van der Waals surface area (Å²) in [5.41, 5.74) is 1.87. The van der Waals surface area contributed by atoms with E-state index in [1.165, 1.54) is 12.1 Å². The van der Waals surface area contributed by atoms with Gasteiger partial charge in [-0.05, 0) is 72.8 Å². The van der Waals surface area contributed by atoms with Crippen molar-refractivity contribution in [1.82, 2.24) is 9.55 Å². The molecule has 0 spiro atoms. The summed E-state index contributed by atoms with van der Waals surface area (Å²) in [5.74, 6) is 1.59. The molecule has 0 fully saturated rings. The molecule has 0 N–H and O–H groups in total. The minimum Gasteiger partial charge on any atom is -0.457 e. The number of benzene rings is 3. The SMILES string of the molecule is O=c1c2ccccc2nc(/C=C\c2ccc(-c3ccc([N+](=O)[O-])cc3)o2)n1-c1ccc(Br)cc1. The fourth-order valence-electron chi connectivity index (χ4n) is 3.60. The molecule has 34 heavy (non-hydrogen) atoms. The van der Waals surface area contributed by atoms with E-state index in [0.29, 0.717) is 33.9 Å². The highest BCUT2D eigenvalue weighted by Crippen LogP contribution is 2.25. The van der Waals surface area contributed by atoms with E-state index in [1.54, 1.807) is 53.1 Å². The van der Waals surface area contributed by atoms with Gasteiger partial charge in [-0.3, -0.25) is 19.5 Å². The molecule has 0 saturated heterocycles. The second-order valence-electron chi connectivity index (χ2n) is 7.44. The number of rotatable bonds is 5. The summed E-state index contributed by atoms with van der Waals surface area (Å²) in [5, 5.41) is 11.4. The van der Waals surface area contributed by atoms with Crippen LogP contribution in [0.15, 0.2) is 98.6 Å². The highest BCUT2D eigenvalue weighted by molar-refractivity contribution is 9.10. The molecule has 5 rings (SSSR count). The number of furan rings is 1. The van der Waals surface area contributed by atoms with Crippen LogP contribution in [0.3, 0.4) is 0 Å². The monoisotopic (exact) mass is 513 g/mol. The van der Waals surface area contributed by atoms with Crippen molar-refractivity contribution in [1.29, 1.82) is 0 Å². The lowest BCUT2D eigenvalue weighted by molar-refractivity contribution is -0.384. The van der Waals surface area contributed by atoms with Crippen molar-refractivity contribution >= 4 is 44.7 Å². The van der Waals surface area contributed by atoms with Crippen LogP contribution in [-0.4, -0.2) is 14.5 Å². The highest BCUT2D eigenvalue weighted by Gasteiger charge is 2.12. The van der Waals surface area contributed by atoms with Gasteiger partial charge in [0.05, 0.1) is 21.5 Å². The van der Waals surface area contributed by atoms with Gasteiger partial charge in [0.1, 0.15) is 17.3 Å². The average molecular weight is 514 g/mol. The zero-order valence-electron chi connectivity index (χ0n) is 17.6. The number of nitro groups is 1. The predicted molar refractivity (Wildman–Crippen MR) is 135 cm³/mol. The molecular weight excluding hydrogens is 498 g/mol. The molecular formula is C26H16BrN3O4. The molecule has 2 heterocycles. The Labute approximate surface area is 201 Å². The van der Waals surface area contributed by atoms with E-state index >= 15 is 0 Å². The number of aromatic nitrogens is 2. The van der Waals surface area contributed by atoms with Crippen LogP contribution < -0.4 is 5.56 Å². The van der Waals surface area contributed by atoms with Gasteiger partial charge in [-0.2, -0.15) is 0 Å². The van der Waals surface area contributed by atoms with Crippen LogP contribution in [0.25, 0.3) is 40.1 Å². The van der Waals surface area contributed by atoms with Gasteiger partial charge in [-0.1, -0.05) is 28.1 Å². The van der Waals surface area contributed by atoms with Crippen molar-refractivity contribution in [2.45, 2.75) is 0 Å². The third-order valence-electron chi connectivity index (χ3n) is 5.27. The molecule has 166 valence electrons. The van der Waals surface area contributed by atoms with E-state index in [0.717, 1.165) is 10.0 Å². The van der Waals surface area contributed by atoms with E-state index in [2.05, 4.69) is 15.9 Å². The van der Waals surface area contributed by atoms with Gasteiger partial charge in [-0.25, -0.2) is 4.98 Å². The Bertz CT molecular complexity index is 1600. The van der Waals surface area contributed by atoms with Crippen LogP contribution in [0.4, 0.5) is 5.69 Å². The second kappa shape index (κ2) is 8.92. The maximum atomic E-state index is 13.3. The first-order valence-electron chi connectivity index (χ1n) is 10.3. The summed E-state index contributed by atoms with van der Waals surface area (Å²) < 4.78 is 8.36. The van der Waals surface area contributed by atoms with E-state index in [4.69, 9.17) is 9.40 Å². The first-order chi connectivity index (χ1) is 16.5. The van der Waals surface area contributed by atoms with Gasteiger partial charge < -0.3 is 4.42 Å². The molecule has 0 aliphatic carbocycles. The van der Waals surface area contributed by atoms with Gasteiger partial charge in [0, 0.05) is 22.2 Å². The molecule has 0 saturated carbocycles. The molecule has 7 nitrogen and oxygen atoms in total. The first kappa shape index (κ1) is 21.5. The molecule has 0 atom stereocenters. The molecule has 0 aliphatic heterocycles. The fraction of sp³-hybridized carbons (Fsp3) is 0. The first-order valence-corrected chi connectivity index (χ1v) is 11.1. The molecule has 3 aromatic carbocycles. The number of hydrogen-bond donors (Lipinski definition) is 0. The van der Waals surface area contributed by atoms with Crippen LogP contribution in [0.5, 0.6) is 0 Å². The van der Waals surface area contributed by atoms with Gasteiger partial charge in [0.25, 0.3) is 11.2 Å². The quantitative estimate of drug-likeness (QED) is 0.198. The fourth-order valence-corrected chi connectivity index (χ4v) is 3.87. The lowest BCUT2D eigenvalue weighted by Crippen LogP contribution is -2.22. The van der Waals surface area contributed by atoms with E-state index in [9.17, 15) is 14.9 Å². The number of halogens is 1. The maximum Gasteiger partial charge on any atom is 0.269 e. The zero-order valence-corrected chi connectivity index (χ0v) is 19.2. The number of non-ortho nitro benzene ring substituents is 1.